The number of amides is 2. The molecule has 4 N–H and O–H groups in total. The van der Waals surface area contributed by atoms with Crippen LogP contribution in [0.2, 0.25) is 0 Å². The van der Waals surface area contributed by atoms with Gasteiger partial charge in [-0.3, -0.25) is 25.2 Å². The zero-order valence-corrected chi connectivity index (χ0v) is 6.87. The number of carboxylic acid groups (broad SMARTS) is 1. The molecular weight excluding hydrogens is 178 g/mol. The molecule has 0 aliphatic rings. The van der Waals surface area contributed by atoms with Crippen LogP contribution in [0.4, 0.5) is 0 Å². The van der Waals surface area contributed by atoms with E-state index in [1.54, 1.807) is 0 Å². The number of carbonyl (C=O) groups is 3. The molecule has 0 rings (SSSR count). The van der Waals surface area contributed by atoms with Crippen molar-refractivity contribution >= 4 is 18.3 Å². The maximum Gasteiger partial charge on any atom is 0.317 e. The molecule has 0 saturated carbocycles. The summed E-state index contributed by atoms with van der Waals surface area (Å²) in [6, 6.07) is 0. The Balaban J connectivity index is 3.26. The van der Waals surface area contributed by atoms with Crippen LogP contribution in [-0.2, 0) is 14.4 Å². The van der Waals surface area contributed by atoms with Gasteiger partial charge in [-0.05, 0) is 0 Å². The number of hydrazine groups is 1. The average Bonchev–Trinajstić information content (AvgIpc) is 2.08. The number of hydrogen-bond donors (Lipinski definition) is 4. The lowest BCUT2D eigenvalue weighted by Gasteiger charge is -2.02. The Kier molecular flexibility index (Phi) is 6.16. The third kappa shape index (κ3) is 8.27. The fourth-order valence-corrected chi connectivity index (χ4v) is 0.570. The van der Waals surface area contributed by atoms with Gasteiger partial charge < -0.3 is 10.4 Å². The van der Waals surface area contributed by atoms with Gasteiger partial charge in [-0.25, -0.2) is 0 Å². The summed E-state index contributed by atoms with van der Waals surface area (Å²) < 4.78 is 0. The summed E-state index contributed by atoms with van der Waals surface area (Å²) in [5.41, 5.74) is 4.05. The van der Waals surface area contributed by atoms with Crippen LogP contribution in [0.25, 0.3) is 0 Å². The molecule has 0 aliphatic carbocycles. The predicted molar refractivity (Wildman–Crippen MR) is 42.5 cm³/mol. The van der Waals surface area contributed by atoms with Gasteiger partial charge >= 0.3 is 5.97 Å². The standard InChI is InChI=1S/C6H11N3O4/c10-4-8-9-5(11)1-2-7-3-6(12)13/h4,7H,1-3H2,(H,8,10)(H,9,11)(H,12,13). The van der Waals surface area contributed by atoms with Crippen molar-refractivity contribution in [2.75, 3.05) is 13.1 Å². The van der Waals surface area contributed by atoms with Crippen molar-refractivity contribution in [3.63, 3.8) is 0 Å². The van der Waals surface area contributed by atoms with Crippen LogP contribution in [0, 0.1) is 0 Å². The Morgan fingerprint density at radius 1 is 1.38 bits per heavy atom. The fraction of sp³-hybridized carbons (Fsp3) is 0.500. The lowest BCUT2D eigenvalue weighted by molar-refractivity contribution is -0.136. The summed E-state index contributed by atoms with van der Waals surface area (Å²) >= 11 is 0. The number of nitrogens with one attached hydrogen (secondary N) is 3. The molecule has 0 aliphatic heterocycles. The second-order valence-corrected chi connectivity index (χ2v) is 2.13. The van der Waals surface area contributed by atoms with Crippen LogP contribution in [-0.4, -0.2) is 36.5 Å². The minimum Gasteiger partial charge on any atom is -0.480 e. The largest absolute Gasteiger partial charge is 0.480 e. The predicted octanol–water partition coefficient (Wildman–Crippen LogP) is -2.17. The molecule has 0 aromatic rings. The van der Waals surface area contributed by atoms with Gasteiger partial charge in [0.25, 0.3) is 0 Å². The van der Waals surface area contributed by atoms with Gasteiger partial charge in [-0.15, -0.1) is 0 Å². The molecular formula is C6H11N3O4. The van der Waals surface area contributed by atoms with E-state index < -0.39 is 5.97 Å². The first kappa shape index (κ1) is 11.4. The Morgan fingerprint density at radius 2 is 2.08 bits per heavy atom. The Hall–Kier alpha value is -1.63. The third-order valence-corrected chi connectivity index (χ3v) is 1.08. The van der Waals surface area contributed by atoms with Gasteiger partial charge in [-0.1, -0.05) is 0 Å². The maximum atomic E-state index is 10.7. The van der Waals surface area contributed by atoms with Crippen molar-refractivity contribution in [2.24, 2.45) is 0 Å². The molecule has 2 amide bonds. The summed E-state index contributed by atoms with van der Waals surface area (Å²) in [5.74, 6) is -1.36. The van der Waals surface area contributed by atoms with Gasteiger partial charge in [0, 0.05) is 13.0 Å². The third-order valence-electron chi connectivity index (χ3n) is 1.08. The highest BCUT2D eigenvalue weighted by molar-refractivity contribution is 5.77. The minimum atomic E-state index is -0.980. The van der Waals surface area contributed by atoms with Crippen molar-refractivity contribution in [1.82, 2.24) is 16.2 Å². The van der Waals surface area contributed by atoms with Crippen LogP contribution < -0.4 is 16.2 Å². The van der Waals surface area contributed by atoms with E-state index in [-0.39, 0.29) is 25.4 Å². The van der Waals surface area contributed by atoms with Crippen LogP contribution in [0.1, 0.15) is 6.42 Å². The number of carboxylic acids is 1. The first-order chi connectivity index (χ1) is 6.16. The van der Waals surface area contributed by atoms with E-state index in [1.807, 2.05) is 5.43 Å². The average molecular weight is 189 g/mol. The minimum absolute atomic E-state index is 0.105. The molecule has 0 bridgehead atoms. The Labute approximate surface area is 74.5 Å². The number of rotatable bonds is 7. The molecule has 0 spiro atoms. The molecule has 74 valence electrons. The van der Waals surface area contributed by atoms with E-state index in [1.165, 1.54) is 0 Å². The van der Waals surface area contributed by atoms with E-state index in [4.69, 9.17) is 5.11 Å². The number of hydrogen-bond acceptors (Lipinski definition) is 4. The summed E-state index contributed by atoms with van der Waals surface area (Å²) in [5, 5.41) is 10.7. The van der Waals surface area contributed by atoms with Gasteiger partial charge in [0.05, 0.1) is 6.54 Å². The highest BCUT2D eigenvalue weighted by Crippen LogP contribution is 1.74. The second-order valence-electron chi connectivity index (χ2n) is 2.13. The second kappa shape index (κ2) is 7.04. The van der Waals surface area contributed by atoms with Gasteiger partial charge in [0.1, 0.15) is 0 Å². The van der Waals surface area contributed by atoms with E-state index in [0.29, 0.717) is 6.41 Å². The summed E-state index contributed by atoms with van der Waals surface area (Å²) in [7, 11) is 0. The summed E-state index contributed by atoms with van der Waals surface area (Å²) in [4.78, 5) is 30.4. The van der Waals surface area contributed by atoms with Crippen molar-refractivity contribution in [2.45, 2.75) is 6.42 Å². The van der Waals surface area contributed by atoms with E-state index in [0.717, 1.165) is 0 Å². The maximum absolute atomic E-state index is 10.7. The summed E-state index contributed by atoms with van der Waals surface area (Å²) in [6.45, 7) is 0.0626. The van der Waals surface area contributed by atoms with Crippen molar-refractivity contribution in [1.29, 1.82) is 0 Å². The Bertz CT molecular complexity index is 194. The molecule has 0 unspecified atom stereocenters. The van der Waals surface area contributed by atoms with E-state index in [2.05, 4.69) is 10.7 Å². The zero-order chi connectivity index (χ0) is 10.1. The first-order valence-electron chi connectivity index (χ1n) is 3.57. The van der Waals surface area contributed by atoms with Crippen molar-refractivity contribution in [3.05, 3.63) is 0 Å². The molecule has 7 heteroatoms. The van der Waals surface area contributed by atoms with Gasteiger partial charge in [0.2, 0.25) is 12.3 Å². The van der Waals surface area contributed by atoms with Crippen LogP contribution >= 0.6 is 0 Å². The fourth-order valence-electron chi connectivity index (χ4n) is 0.570. The molecule has 13 heavy (non-hydrogen) atoms. The molecule has 0 fully saturated rings. The molecule has 0 atom stereocenters. The lowest BCUT2D eigenvalue weighted by atomic mass is 10.4. The molecule has 0 aromatic carbocycles. The van der Waals surface area contributed by atoms with Crippen LogP contribution in [0.15, 0.2) is 0 Å². The number of aliphatic carboxylic acids is 1. The van der Waals surface area contributed by atoms with Gasteiger partial charge in [-0.2, -0.15) is 0 Å². The van der Waals surface area contributed by atoms with E-state index in [9.17, 15) is 14.4 Å². The molecule has 0 saturated heterocycles. The Morgan fingerprint density at radius 3 is 2.62 bits per heavy atom. The molecule has 0 aromatic heterocycles. The van der Waals surface area contributed by atoms with Crippen LogP contribution in [0.5, 0.6) is 0 Å². The van der Waals surface area contributed by atoms with Crippen molar-refractivity contribution < 1.29 is 19.5 Å². The smallest absolute Gasteiger partial charge is 0.317 e. The topological polar surface area (TPSA) is 108 Å². The first-order valence-corrected chi connectivity index (χ1v) is 3.57. The monoisotopic (exact) mass is 189 g/mol. The highest BCUT2D eigenvalue weighted by Gasteiger charge is 2.00. The van der Waals surface area contributed by atoms with E-state index >= 15 is 0 Å². The van der Waals surface area contributed by atoms with Crippen molar-refractivity contribution in [3.8, 4) is 0 Å². The summed E-state index contributed by atoms with van der Waals surface area (Å²) in [6.07, 6.45) is 0.441. The number of carbonyl (C=O) groups excluding carboxylic acids is 2. The van der Waals surface area contributed by atoms with Gasteiger partial charge in [0.15, 0.2) is 0 Å². The molecule has 0 radical (unpaired) electrons. The zero-order valence-electron chi connectivity index (χ0n) is 6.87. The van der Waals surface area contributed by atoms with Crippen LogP contribution in [0.3, 0.4) is 0 Å². The molecule has 0 heterocycles. The lowest BCUT2D eigenvalue weighted by Crippen LogP contribution is -2.38. The SMILES string of the molecule is O=CNNC(=O)CCNCC(=O)O. The quantitative estimate of drug-likeness (QED) is 0.207. The normalized spacial score (nSPS) is 8.92. The highest BCUT2D eigenvalue weighted by atomic mass is 16.4. The molecule has 7 nitrogen and oxygen atoms in total.